The van der Waals surface area contributed by atoms with Crippen LogP contribution in [0.2, 0.25) is 0 Å². The maximum atomic E-state index is 5.33. The van der Waals surface area contributed by atoms with Gasteiger partial charge in [0.25, 0.3) is 0 Å². The minimum absolute atomic E-state index is 0. The summed E-state index contributed by atoms with van der Waals surface area (Å²) in [5.74, 6) is 0. The van der Waals surface area contributed by atoms with Crippen molar-refractivity contribution in [1.82, 2.24) is 9.80 Å². The SMILES string of the molecule is C.C.C.C.C.C.CN1CCOCOCCN(C)COCOC1. The van der Waals surface area contributed by atoms with Crippen LogP contribution in [0.4, 0.5) is 0 Å². The van der Waals surface area contributed by atoms with Crippen LogP contribution in [0.5, 0.6) is 0 Å². The normalized spacial score (nSPS) is 18.3. The van der Waals surface area contributed by atoms with Gasteiger partial charge in [0.05, 0.1) is 13.2 Å². The van der Waals surface area contributed by atoms with Gasteiger partial charge >= 0.3 is 0 Å². The van der Waals surface area contributed by atoms with Crippen LogP contribution in [0.25, 0.3) is 0 Å². The maximum absolute atomic E-state index is 5.33. The molecule has 0 aromatic carbocycles. The Hall–Kier alpha value is -0.240. The first-order valence-electron chi connectivity index (χ1n) is 5.47. The zero-order chi connectivity index (χ0) is 11.6. The number of ether oxygens (including phenoxy) is 4. The van der Waals surface area contributed by atoms with Crippen LogP contribution in [0.15, 0.2) is 0 Å². The van der Waals surface area contributed by atoms with Crippen LogP contribution in [0.3, 0.4) is 0 Å². The molecule has 1 rings (SSSR count). The minimum Gasteiger partial charge on any atom is -0.354 e. The quantitative estimate of drug-likeness (QED) is 0.676. The van der Waals surface area contributed by atoms with E-state index in [2.05, 4.69) is 0 Å². The second kappa shape index (κ2) is 25.7. The molecule has 6 heteroatoms. The molecule has 1 aliphatic rings. The molecule has 1 fully saturated rings. The Morgan fingerprint density at radius 1 is 0.545 bits per heavy atom. The summed E-state index contributed by atoms with van der Waals surface area (Å²) in [6, 6.07) is 0. The zero-order valence-electron chi connectivity index (χ0n) is 10.2. The predicted octanol–water partition coefficient (Wildman–Crippen LogP) is 3.58. The molecule has 0 aromatic heterocycles. The second-order valence-electron chi connectivity index (χ2n) is 3.88. The fraction of sp³-hybridized carbons (Fsp3) is 1.00. The van der Waals surface area contributed by atoms with Crippen molar-refractivity contribution in [2.24, 2.45) is 0 Å². The number of hydrogen-bond acceptors (Lipinski definition) is 6. The van der Waals surface area contributed by atoms with Crippen LogP contribution >= 0.6 is 0 Å². The molecule has 1 saturated heterocycles. The van der Waals surface area contributed by atoms with E-state index < -0.39 is 0 Å². The molecule has 0 aliphatic carbocycles. The monoisotopic (exact) mass is 330 g/mol. The molecule has 0 amide bonds. The molecule has 0 saturated carbocycles. The molecular weight excluding hydrogens is 284 g/mol. The number of rotatable bonds is 0. The Labute approximate surface area is 141 Å². The highest BCUT2D eigenvalue weighted by atomic mass is 16.7. The highest BCUT2D eigenvalue weighted by Crippen LogP contribution is 1.91. The molecule has 0 spiro atoms. The van der Waals surface area contributed by atoms with Crippen molar-refractivity contribution in [2.45, 2.75) is 44.6 Å². The number of hydrogen-bond donors (Lipinski definition) is 0. The van der Waals surface area contributed by atoms with Crippen molar-refractivity contribution in [3.8, 4) is 0 Å². The van der Waals surface area contributed by atoms with E-state index in [0.29, 0.717) is 40.3 Å². The highest BCUT2D eigenvalue weighted by molar-refractivity contribution is 4.44. The van der Waals surface area contributed by atoms with E-state index in [-0.39, 0.29) is 44.6 Å². The van der Waals surface area contributed by atoms with Crippen molar-refractivity contribution < 1.29 is 18.9 Å². The van der Waals surface area contributed by atoms with Gasteiger partial charge in [0.2, 0.25) is 0 Å². The summed E-state index contributed by atoms with van der Waals surface area (Å²) in [7, 11) is 3.95. The average molecular weight is 331 g/mol. The van der Waals surface area contributed by atoms with Crippen LogP contribution in [0, 0.1) is 0 Å². The maximum Gasteiger partial charge on any atom is 0.150 e. The van der Waals surface area contributed by atoms with E-state index in [1.807, 2.05) is 23.9 Å². The van der Waals surface area contributed by atoms with Gasteiger partial charge in [-0.3, -0.25) is 9.80 Å². The van der Waals surface area contributed by atoms with Crippen LogP contribution in [0.1, 0.15) is 44.6 Å². The Kier molecular flexibility index (Phi) is 44.1. The van der Waals surface area contributed by atoms with Gasteiger partial charge in [-0.05, 0) is 14.1 Å². The minimum atomic E-state index is 0. The fourth-order valence-electron chi connectivity index (χ4n) is 1.19. The number of likely N-dealkylation sites (N-methyl/N-ethyl adjacent to an activating group) is 2. The molecule has 0 N–H and O–H groups in total. The molecular formula is C16H46N2O4. The molecule has 1 heterocycles. The smallest absolute Gasteiger partial charge is 0.150 e. The fourth-order valence-corrected chi connectivity index (χ4v) is 1.19. The third kappa shape index (κ3) is 22.0. The molecule has 6 nitrogen and oxygen atoms in total. The summed E-state index contributed by atoms with van der Waals surface area (Å²) in [4.78, 5) is 4.05. The molecule has 0 aromatic rings. The summed E-state index contributed by atoms with van der Waals surface area (Å²) in [6.45, 7) is 4.71. The van der Waals surface area contributed by atoms with Gasteiger partial charge in [0.1, 0.15) is 27.0 Å². The molecule has 144 valence electrons. The van der Waals surface area contributed by atoms with Crippen molar-refractivity contribution in [3.63, 3.8) is 0 Å². The van der Waals surface area contributed by atoms with E-state index in [1.165, 1.54) is 0 Å². The van der Waals surface area contributed by atoms with E-state index >= 15 is 0 Å². The molecule has 22 heavy (non-hydrogen) atoms. The van der Waals surface area contributed by atoms with E-state index in [0.717, 1.165) is 13.1 Å². The lowest BCUT2D eigenvalue weighted by atomic mass is 10.6. The molecule has 0 atom stereocenters. The van der Waals surface area contributed by atoms with Crippen LogP contribution < -0.4 is 0 Å². The molecule has 0 radical (unpaired) electrons. The molecule has 0 unspecified atom stereocenters. The third-order valence-electron chi connectivity index (χ3n) is 2.19. The van der Waals surface area contributed by atoms with Crippen LogP contribution in [-0.4, -0.2) is 77.2 Å². The van der Waals surface area contributed by atoms with E-state index in [9.17, 15) is 0 Å². The lowest BCUT2D eigenvalue weighted by Crippen LogP contribution is -2.30. The summed E-state index contributed by atoms with van der Waals surface area (Å²) >= 11 is 0. The van der Waals surface area contributed by atoms with Crippen molar-refractivity contribution in [3.05, 3.63) is 0 Å². The molecule has 0 bridgehead atoms. The van der Waals surface area contributed by atoms with Crippen molar-refractivity contribution >= 4 is 0 Å². The summed E-state index contributed by atoms with van der Waals surface area (Å²) in [5, 5.41) is 0. The van der Waals surface area contributed by atoms with Gasteiger partial charge < -0.3 is 18.9 Å². The average Bonchev–Trinajstić information content (AvgIpc) is 2.26. The highest BCUT2D eigenvalue weighted by Gasteiger charge is 2.02. The van der Waals surface area contributed by atoms with Gasteiger partial charge in [-0.15, -0.1) is 0 Å². The molecule has 1 aliphatic heterocycles. The summed E-state index contributed by atoms with van der Waals surface area (Å²) in [6.07, 6.45) is 0. The standard InChI is InChI=1S/C10H22N2O4.6CH4/c1-11-3-5-13-9-14-6-4-12(2)8-16-10-15-7-11;;;;;;/h3-10H2,1-2H3;6*1H4. The first kappa shape index (κ1) is 37.8. The predicted molar refractivity (Wildman–Crippen MR) is 99.2 cm³/mol. The Morgan fingerprint density at radius 3 is 1.23 bits per heavy atom. The lowest BCUT2D eigenvalue weighted by Gasteiger charge is -2.20. The van der Waals surface area contributed by atoms with Gasteiger partial charge in [-0.25, -0.2) is 0 Å². The van der Waals surface area contributed by atoms with E-state index in [1.54, 1.807) is 0 Å². The largest absolute Gasteiger partial charge is 0.354 e. The summed E-state index contributed by atoms with van der Waals surface area (Å²) in [5.41, 5.74) is 0. The first-order valence-corrected chi connectivity index (χ1v) is 5.47. The Balaban J connectivity index is -0.000000107. The Bertz CT molecular complexity index is 158. The van der Waals surface area contributed by atoms with Gasteiger partial charge in [-0.2, -0.15) is 0 Å². The number of nitrogens with zero attached hydrogens (tertiary/aromatic N) is 2. The zero-order valence-corrected chi connectivity index (χ0v) is 10.2. The lowest BCUT2D eigenvalue weighted by molar-refractivity contribution is -0.125. The second-order valence-corrected chi connectivity index (χ2v) is 3.88. The van der Waals surface area contributed by atoms with Gasteiger partial charge in [-0.1, -0.05) is 44.6 Å². The third-order valence-corrected chi connectivity index (χ3v) is 2.19. The topological polar surface area (TPSA) is 43.4 Å². The van der Waals surface area contributed by atoms with Crippen LogP contribution in [-0.2, 0) is 18.9 Å². The van der Waals surface area contributed by atoms with Crippen molar-refractivity contribution in [2.75, 3.05) is 67.4 Å². The summed E-state index contributed by atoms with van der Waals surface area (Å²) < 4.78 is 21.3. The Morgan fingerprint density at radius 2 is 0.864 bits per heavy atom. The van der Waals surface area contributed by atoms with Crippen molar-refractivity contribution in [1.29, 1.82) is 0 Å². The van der Waals surface area contributed by atoms with Gasteiger partial charge in [0.15, 0.2) is 0 Å². The first-order chi connectivity index (χ1) is 7.79. The van der Waals surface area contributed by atoms with Gasteiger partial charge in [0, 0.05) is 13.1 Å². The van der Waals surface area contributed by atoms with E-state index in [4.69, 9.17) is 18.9 Å².